The van der Waals surface area contributed by atoms with Gasteiger partial charge < -0.3 is 10.4 Å². The summed E-state index contributed by atoms with van der Waals surface area (Å²) in [6, 6.07) is 7.70. The van der Waals surface area contributed by atoms with Crippen LogP contribution in [0, 0.1) is 5.92 Å². The van der Waals surface area contributed by atoms with Crippen LogP contribution in [0.15, 0.2) is 24.3 Å². The molecule has 1 heterocycles. The third-order valence-corrected chi connectivity index (χ3v) is 4.77. The van der Waals surface area contributed by atoms with Gasteiger partial charge in [-0.05, 0) is 36.4 Å². The van der Waals surface area contributed by atoms with Crippen molar-refractivity contribution in [1.29, 1.82) is 0 Å². The zero-order valence-corrected chi connectivity index (χ0v) is 13.5. The number of aliphatic hydroxyl groups is 1. The molecule has 0 spiro atoms. The van der Waals surface area contributed by atoms with Crippen molar-refractivity contribution in [3.63, 3.8) is 0 Å². The van der Waals surface area contributed by atoms with Crippen molar-refractivity contribution in [3.8, 4) is 0 Å². The van der Waals surface area contributed by atoms with Gasteiger partial charge in [0, 0.05) is 13.0 Å². The van der Waals surface area contributed by atoms with E-state index in [9.17, 15) is 9.90 Å². The molecule has 0 radical (unpaired) electrons. The molecule has 4 heteroatoms. The van der Waals surface area contributed by atoms with Crippen LogP contribution in [-0.4, -0.2) is 41.1 Å². The molecule has 0 aromatic heterocycles. The second-order valence-corrected chi connectivity index (χ2v) is 7.00. The third kappa shape index (κ3) is 3.03. The lowest BCUT2D eigenvalue weighted by atomic mass is 10.1. The molecular formula is C18H26N2O2. The van der Waals surface area contributed by atoms with E-state index < -0.39 is 6.10 Å². The van der Waals surface area contributed by atoms with E-state index in [-0.39, 0.29) is 18.0 Å². The first-order valence-electron chi connectivity index (χ1n) is 8.36. The predicted octanol–water partition coefficient (Wildman–Crippen LogP) is 1.88. The number of fused-ring (bicyclic) bond motifs is 1. The lowest BCUT2D eigenvalue weighted by Gasteiger charge is -2.27. The molecular weight excluding hydrogens is 276 g/mol. The van der Waals surface area contributed by atoms with Gasteiger partial charge in [-0.1, -0.05) is 38.1 Å². The van der Waals surface area contributed by atoms with Crippen LogP contribution in [0.25, 0.3) is 0 Å². The molecule has 3 rings (SSSR count). The van der Waals surface area contributed by atoms with Crippen LogP contribution in [0.1, 0.15) is 43.9 Å². The van der Waals surface area contributed by atoms with Crippen LogP contribution in [0.3, 0.4) is 0 Å². The Kier molecular flexibility index (Phi) is 4.50. The number of hydrogen-bond acceptors (Lipinski definition) is 3. The van der Waals surface area contributed by atoms with Gasteiger partial charge in [0.25, 0.3) is 0 Å². The second kappa shape index (κ2) is 6.39. The SMILES string of the molecule is CC(C)CN1CCC[C@@H]1C(=O)N[C@H]1c2ccccc2C[C@H]1O. The lowest BCUT2D eigenvalue weighted by Crippen LogP contribution is -2.46. The Morgan fingerprint density at radius 3 is 2.95 bits per heavy atom. The van der Waals surface area contributed by atoms with E-state index in [0.29, 0.717) is 12.3 Å². The van der Waals surface area contributed by atoms with Crippen LogP contribution in [-0.2, 0) is 11.2 Å². The summed E-state index contributed by atoms with van der Waals surface area (Å²) in [6.45, 7) is 6.33. The summed E-state index contributed by atoms with van der Waals surface area (Å²) < 4.78 is 0. The van der Waals surface area contributed by atoms with Gasteiger partial charge in [0.05, 0.1) is 18.2 Å². The standard InChI is InChI=1S/C18H26N2O2/c1-12(2)11-20-9-5-8-15(20)18(22)19-17-14-7-4-3-6-13(14)10-16(17)21/h3-4,6-7,12,15-17,21H,5,8-11H2,1-2H3,(H,19,22)/t15-,16-,17+/m1/s1. The molecule has 22 heavy (non-hydrogen) atoms. The molecule has 1 aliphatic heterocycles. The number of aliphatic hydroxyl groups excluding tert-OH is 1. The first-order valence-corrected chi connectivity index (χ1v) is 8.36. The minimum absolute atomic E-state index is 0.0395. The fourth-order valence-corrected chi connectivity index (χ4v) is 3.81. The Labute approximate surface area is 132 Å². The number of carbonyl (C=O) groups excluding carboxylic acids is 1. The normalized spacial score (nSPS) is 28.1. The highest BCUT2D eigenvalue weighted by atomic mass is 16.3. The van der Waals surface area contributed by atoms with Gasteiger partial charge >= 0.3 is 0 Å². The molecule has 1 aromatic carbocycles. The topological polar surface area (TPSA) is 52.6 Å². The summed E-state index contributed by atoms with van der Waals surface area (Å²) in [5.74, 6) is 0.630. The molecule has 1 aromatic rings. The zero-order valence-electron chi connectivity index (χ0n) is 13.5. The number of hydrogen-bond donors (Lipinski definition) is 2. The number of benzene rings is 1. The molecule has 0 saturated carbocycles. The van der Waals surface area contributed by atoms with Gasteiger partial charge in [-0.15, -0.1) is 0 Å². The molecule has 4 nitrogen and oxygen atoms in total. The molecule has 1 aliphatic carbocycles. The molecule has 1 fully saturated rings. The van der Waals surface area contributed by atoms with E-state index in [0.717, 1.165) is 37.1 Å². The van der Waals surface area contributed by atoms with Crippen molar-refractivity contribution < 1.29 is 9.90 Å². The van der Waals surface area contributed by atoms with Crippen molar-refractivity contribution in [2.75, 3.05) is 13.1 Å². The molecule has 120 valence electrons. The Morgan fingerprint density at radius 2 is 2.18 bits per heavy atom. The quantitative estimate of drug-likeness (QED) is 0.893. The van der Waals surface area contributed by atoms with E-state index >= 15 is 0 Å². The van der Waals surface area contributed by atoms with Crippen molar-refractivity contribution in [3.05, 3.63) is 35.4 Å². The maximum Gasteiger partial charge on any atom is 0.237 e. The Morgan fingerprint density at radius 1 is 1.41 bits per heavy atom. The molecule has 1 saturated heterocycles. The number of rotatable bonds is 4. The molecule has 0 bridgehead atoms. The summed E-state index contributed by atoms with van der Waals surface area (Å²) in [5.41, 5.74) is 2.21. The number of nitrogens with one attached hydrogen (secondary N) is 1. The predicted molar refractivity (Wildman–Crippen MR) is 86.5 cm³/mol. The average Bonchev–Trinajstić information content (AvgIpc) is 3.04. The maximum absolute atomic E-state index is 12.7. The fraction of sp³-hybridized carbons (Fsp3) is 0.611. The largest absolute Gasteiger partial charge is 0.390 e. The van der Waals surface area contributed by atoms with Crippen molar-refractivity contribution in [1.82, 2.24) is 10.2 Å². The molecule has 2 N–H and O–H groups in total. The third-order valence-electron chi connectivity index (χ3n) is 4.77. The van der Waals surface area contributed by atoms with Gasteiger partial charge in [-0.2, -0.15) is 0 Å². The van der Waals surface area contributed by atoms with Gasteiger partial charge in [0.15, 0.2) is 0 Å². The van der Waals surface area contributed by atoms with Crippen molar-refractivity contribution >= 4 is 5.91 Å². The van der Waals surface area contributed by atoms with E-state index in [4.69, 9.17) is 0 Å². The van der Waals surface area contributed by atoms with Crippen LogP contribution in [0.4, 0.5) is 0 Å². The van der Waals surface area contributed by atoms with Gasteiger partial charge in [0.1, 0.15) is 0 Å². The van der Waals surface area contributed by atoms with Crippen LogP contribution in [0.5, 0.6) is 0 Å². The molecule has 0 unspecified atom stereocenters. The highest BCUT2D eigenvalue weighted by molar-refractivity contribution is 5.82. The van der Waals surface area contributed by atoms with E-state index in [1.54, 1.807) is 0 Å². The van der Waals surface area contributed by atoms with Gasteiger partial charge in [0.2, 0.25) is 5.91 Å². The van der Waals surface area contributed by atoms with E-state index in [1.807, 2.05) is 24.3 Å². The molecule has 2 aliphatic rings. The van der Waals surface area contributed by atoms with Gasteiger partial charge in [-0.3, -0.25) is 9.69 Å². The number of likely N-dealkylation sites (tertiary alicyclic amines) is 1. The maximum atomic E-state index is 12.7. The first kappa shape index (κ1) is 15.5. The monoisotopic (exact) mass is 302 g/mol. The second-order valence-electron chi connectivity index (χ2n) is 7.00. The zero-order chi connectivity index (χ0) is 15.7. The van der Waals surface area contributed by atoms with Crippen molar-refractivity contribution in [2.45, 2.75) is 51.3 Å². The summed E-state index contributed by atoms with van der Waals surface area (Å²) >= 11 is 0. The summed E-state index contributed by atoms with van der Waals surface area (Å²) in [4.78, 5) is 15.0. The van der Waals surface area contributed by atoms with Crippen LogP contribution >= 0.6 is 0 Å². The number of amides is 1. The Hall–Kier alpha value is -1.39. The number of nitrogens with zero attached hydrogens (tertiary/aromatic N) is 1. The first-order chi connectivity index (χ1) is 10.6. The summed E-state index contributed by atoms with van der Waals surface area (Å²) in [6.07, 6.45) is 2.11. The van der Waals surface area contributed by atoms with Gasteiger partial charge in [-0.25, -0.2) is 0 Å². The van der Waals surface area contributed by atoms with Crippen LogP contribution in [0.2, 0.25) is 0 Å². The minimum Gasteiger partial charge on any atom is -0.390 e. The Bertz CT molecular complexity index is 544. The summed E-state index contributed by atoms with van der Waals surface area (Å²) in [7, 11) is 0. The lowest BCUT2D eigenvalue weighted by molar-refractivity contribution is -0.127. The van der Waals surface area contributed by atoms with Crippen molar-refractivity contribution in [2.24, 2.45) is 5.92 Å². The van der Waals surface area contributed by atoms with Crippen LogP contribution < -0.4 is 5.32 Å². The number of carbonyl (C=O) groups is 1. The smallest absolute Gasteiger partial charge is 0.237 e. The fourth-order valence-electron chi connectivity index (χ4n) is 3.81. The highest BCUT2D eigenvalue weighted by Crippen LogP contribution is 2.31. The average molecular weight is 302 g/mol. The summed E-state index contributed by atoms with van der Waals surface area (Å²) in [5, 5.41) is 13.4. The highest BCUT2D eigenvalue weighted by Gasteiger charge is 2.36. The van der Waals surface area contributed by atoms with E-state index in [1.165, 1.54) is 0 Å². The van der Waals surface area contributed by atoms with E-state index in [2.05, 4.69) is 24.1 Å². The molecule has 1 amide bonds. The minimum atomic E-state index is -0.513. The Balaban J connectivity index is 1.69. The molecule has 3 atom stereocenters.